The van der Waals surface area contributed by atoms with E-state index in [4.69, 9.17) is 9.94 Å². The van der Waals surface area contributed by atoms with E-state index in [-0.39, 0.29) is 24.5 Å². The molecular weight excluding hydrogens is 368 g/mol. The van der Waals surface area contributed by atoms with Gasteiger partial charge in [-0.25, -0.2) is 10.3 Å². The largest absolute Gasteiger partial charge is 0.481 e. The molecule has 152 valence electrons. The lowest BCUT2D eigenvalue weighted by molar-refractivity contribution is -0.146. The van der Waals surface area contributed by atoms with Crippen molar-refractivity contribution in [1.29, 1.82) is 0 Å². The molecule has 1 saturated heterocycles. The first-order chi connectivity index (χ1) is 13.4. The number of carbonyl (C=O) groups is 3. The monoisotopic (exact) mass is 392 g/mol. The summed E-state index contributed by atoms with van der Waals surface area (Å²) < 4.78 is 0. The van der Waals surface area contributed by atoms with Crippen LogP contribution in [0, 0.1) is 5.92 Å². The van der Waals surface area contributed by atoms with Crippen LogP contribution in [0.25, 0.3) is 0 Å². The van der Waals surface area contributed by atoms with Crippen molar-refractivity contribution in [3.05, 3.63) is 35.4 Å². The van der Waals surface area contributed by atoms with Crippen LogP contribution in [0.4, 0.5) is 0 Å². The third kappa shape index (κ3) is 3.87. The molecule has 3 unspecified atom stereocenters. The molecule has 4 N–H and O–H groups in total. The van der Waals surface area contributed by atoms with Crippen LogP contribution in [-0.2, 0) is 21.0 Å². The molecule has 1 aliphatic heterocycles. The molecular formula is C19H24N2O7. The first kappa shape index (κ1) is 20.2. The third-order valence-electron chi connectivity index (χ3n) is 5.50. The number of nitrogens with zero attached hydrogens (tertiary/aromatic N) is 1. The number of hydrogen-bond donors (Lipinski definition) is 4. The maximum absolute atomic E-state index is 12.3. The molecule has 3 rings (SSSR count). The highest BCUT2D eigenvalue weighted by molar-refractivity contribution is 6.06. The SMILES string of the molecule is O=C(O)c1ccccc1CONCCCN1C(=O)C12CC(O)CCC2C(=O)O. The molecule has 2 fully saturated rings. The Bertz CT molecular complexity index is 768. The van der Waals surface area contributed by atoms with Crippen molar-refractivity contribution in [3.8, 4) is 0 Å². The molecule has 1 saturated carbocycles. The summed E-state index contributed by atoms with van der Waals surface area (Å²) in [4.78, 5) is 41.8. The minimum absolute atomic E-state index is 0.0857. The third-order valence-corrected chi connectivity index (χ3v) is 5.50. The van der Waals surface area contributed by atoms with Crippen LogP contribution in [0.2, 0.25) is 0 Å². The smallest absolute Gasteiger partial charge is 0.336 e. The van der Waals surface area contributed by atoms with Gasteiger partial charge in [-0.15, -0.1) is 0 Å². The standard InChI is InChI=1S/C19H24N2O7/c22-13-6-7-15(17(25)26)19(10-13)18(27)21(19)9-3-8-20-28-11-12-4-1-2-5-14(12)16(23)24/h1-2,4-5,13,15,20,22H,3,6-11H2,(H,23,24)(H,25,26). The number of hydrogen-bond acceptors (Lipinski definition) is 6. The lowest BCUT2D eigenvalue weighted by Crippen LogP contribution is -2.43. The van der Waals surface area contributed by atoms with Gasteiger partial charge >= 0.3 is 11.9 Å². The molecule has 0 bridgehead atoms. The Kier molecular flexibility index (Phi) is 5.97. The second-order valence-corrected chi connectivity index (χ2v) is 7.21. The number of rotatable bonds is 9. The maximum atomic E-state index is 12.3. The van der Waals surface area contributed by atoms with E-state index in [0.717, 1.165) is 0 Å². The fourth-order valence-electron chi connectivity index (χ4n) is 4.05. The highest BCUT2D eigenvalue weighted by atomic mass is 16.6. The minimum Gasteiger partial charge on any atom is -0.481 e. The van der Waals surface area contributed by atoms with Crippen LogP contribution in [0.1, 0.15) is 41.6 Å². The zero-order chi connectivity index (χ0) is 20.3. The van der Waals surface area contributed by atoms with Crippen LogP contribution in [-0.4, -0.2) is 62.8 Å². The van der Waals surface area contributed by atoms with E-state index >= 15 is 0 Å². The highest BCUT2D eigenvalue weighted by Gasteiger charge is 2.69. The Hall–Kier alpha value is -2.49. The average molecular weight is 392 g/mol. The summed E-state index contributed by atoms with van der Waals surface area (Å²) >= 11 is 0. The van der Waals surface area contributed by atoms with E-state index < -0.39 is 29.5 Å². The molecule has 1 aromatic rings. The second kappa shape index (κ2) is 8.26. The summed E-state index contributed by atoms with van der Waals surface area (Å²) in [7, 11) is 0. The lowest BCUT2D eigenvalue weighted by Gasteiger charge is -2.30. The van der Waals surface area contributed by atoms with Crippen molar-refractivity contribution in [2.45, 2.75) is 43.9 Å². The molecule has 1 amide bonds. The Morgan fingerprint density at radius 1 is 1.25 bits per heavy atom. The number of aliphatic hydroxyl groups is 1. The van der Waals surface area contributed by atoms with Gasteiger partial charge in [0.05, 0.1) is 24.2 Å². The number of hydroxylamine groups is 1. The Labute approximate surface area is 161 Å². The van der Waals surface area contributed by atoms with Crippen LogP contribution >= 0.6 is 0 Å². The van der Waals surface area contributed by atoms with Gasteiger partial charge in [0, 0.05) is 19.5 Å². The van der Waals surface area contributed by atoms with Crippen LogP contribution in [0.15, 0.2) is 24.3 Å². The van der Waals surface area contributed by atoms with E-state index in [9.17, 15) is 24.6 Å². The number of aliphatic carboxylic acids is 1. The van der Waals surface area contributed by atoms with E-state index in [1.54, 1.807) is 18.2 Å². The normalized spacial score (nSPS) is 26.5. The minimum atomic E-state index is -1.06. The van der Waals surface area contributed by atoms with Crippen molar-refractivity contribution in [2.24, 2.45) is 5.92 Å². The number of aromatic carboxylic acids is 1. The topological polar surface area (TPSA) is 136 Å². The maximum Gasteiger partial charge on any atom is 0.336 e. The molecule has 1 aliphatic carbocycles. The average Bonchev–Trinajstić information content (AvgIpc) is 3.19. The molecule has 28 heavy (non-hydrogen) atoms. The van der Waals surface area contributed by atoms with Gasteiger partial charge in [0.15, 0.2) is 0 Å². The van der Waals surface area contributed by atoms with Crippen molar-refractivity contribution in [2.75, 3.05) is 13.1 Å². The van der Waals surface area contributed by atoms with E-state index in [1.165, 1.54) is 11.0 Å². The van der Waals surface area contributed by atoms with Gasteiger partial charge in [-0.05, 0) is 30.9 Å². The molecule has 9 heteroatoms. The predicted octanol–water partition coefficient (Wildman–Crippen LogP) is 0.623. The number of amides is 1. The van der Waals surface area contributed by atoms with Crippen LogP contribution in [0.3, 0.4) is 0 Å². The summed E-state index contributed by atoms with van der Waals surface area (Å²) in [6.45, 7) is 0.870. The van der Waals surface area contributed by atoms with Crippen molar-refractivity contribution in [1.82, 2.24) is 10.4 Å². The van der Waals surface area contributed by atoms with Gasteiger partial charge in [0.1, 0.15) is 5.54 Å². The number of benzene rings is 1. The lowest BCUT2D eigenvalue weighted by atomic mass is 9.77. The van der Waals surface area contributed by atoms with Crippen molar-refractivity contribution >= 4 is 17.8 Å². The molecule has 1 spiro atoms. The zero-order valence-corrected chi connectivity index (χ0v) is 15.3. The molecule has 1 aromatic carbocycles. The van der Waals surface area contributed by atoms with E-state index in [1.807, 2.05) is 0 Å². The summed E-state index contributed by atoms with van der Waals surface area (Å²) in [5.41, 5.74) is 2.39. The van der Waals surface area contributed by atoms with Gasteiger partial charge in [-0.3, -0.25) is 14.4 Å². The van der Waals surface area contributed by atoms with Crippen molar-refractivity contribution < 1.29 is 34.5 Å². The quantitative estimate of drug-likeness (QED) is 0.273. The van der Waals surface area contributed by atoms with Crippen LogP contribution in [0.5, 0.6) is 0 Å². The second-order valence-electron chi connectivity index (χ2n) is 7.21. The Morgan fingerprint density at radius 2 is 2.00 bits per heavy atom. The van der Waals surface area contributed by atoms with E-state index in [2.05, 4.69) is 5.48 Å². The Morgan fingerprint density at radius 3 is 2.71 bits per heavy atom. The number of aliphatic hydroxyl groups excluding tert-OH is 1. The first-order valence-electron chi connectivity index (χ1n) is 9.26. The van der Waals surface area contributed by atoms with Gasteiger partial charge in [0.25, 0.3) is 0 Å². The number of nitrogens with one attached hydrogen (secondary N) is 1. The summed E-state index contributed by atoms with van der Waals surface area (Å²) in [6.07, 6.45) is 0.742. The van der Waals surface area contributed by atoms with Gasteiger partial charge in [-0.1, -0.05) is 18.2 Å². The molecule has 1 heterocycles. The molecule has 0 radical (unpaired) electrons. The van der Waals surface area contributed by atoms with Crippen molar-refractivity contribution in [3.63, 3.8) is 0 Å². The van der Waals surface area contributed by atoms with Gasteiger partial charge < -0.3 is 20.2 Å². The van der Waals surface area contributed by atoms with E-state index in [0.29, 0.717) is 37.9 Å². The van der Waals surface area contributed by atoms with Gasteiger partial charge in [-0.2, -0.15) is 0 Å². The summed E-state index contributed by atoms with van der Waals surface area (Å²) in [6, 6.07) is 6.55. The fraction of sp³-hybridized carbons (Fsp3) is 0.526. The highest BCUT2D eigenvalue weighted by Crippen LogP contribution is 2.50. The number of carboxylic acids is 2. The fourth-order valence-corrected chi connectivity index (χ4v) is 4.05. The molecule has 0 aromatic heterocycles. The molecule has 2 aliphatic rings. The molecule has 3 atom stereocenters. The first-order valence-corrected chi connectivity index (χ1v) is 9.26. The zero-order valence-electron chi connectivity index (χ0n) is 15.3. The molecule has 9 nitrogen and oxygen atoms in total. The number of carboxylic acid groups (broad SMARTS) is 2. The number of carbonyl (C=O) groups excluding carboxylic acids is 1. The van der Waals surface area contributed by atoms with Crippen LogP contribution < -0.4 is 5.48 Å². The van der Waals surface area contributed by atoms with Gasteiger partial charge in [0.2, 0.25) is 5.91 Å². The summed E-state index contributed by atoms with van der Waals surface area (Å²) in [5, 5.41) is 28.4. The Balaban J connectivity index is 1.43. The summed E-state index contributed by atoms with van der Waals surface area (Å²) in [5.74, 6) is -3.01. The predicted molar refractivity (Wildman–Crippen MR) is 96.2 cm³/mol.